The van der Waals surface area contributed by atoms with Crippen LogP contribution in [0.4, 0.5) is 16.2 Å². The number of hydrogen-bond donors (Lipinski definition) is 3. The van der Waals surface area contributed by atoms with Gasteiger partial charge < -0.3 is 25.4 Å². The van der Waals surface area contributed by atoms with E-state index in [1.807, 2.05) is 24.3 Å². The quantitative estimate of drug-likeness (QED) is 0.665. The van der Waals surface area contributed by atoms with Crippen molar-refractivity contribution in [2.45, 2.75) is 19.9 Å². The lowest BCUT2D eigenvalue weighted by Gasteiger charge is -2.24. The summed E-state index contributed by atoms with van der Waals surface area (Å²) in [6, 6.07) is 14.1. The van der Waals surface area contributed by atoms with Gasteiger partial charge in [-0.15, -0.1) is 0 Å². The Labute approximate surface area is 158 Å². The van der Waals surface area contributed by atoms with Crippen LogP contribution in [0.1, 0.15) is 18.9 Å². The van der Waals surface area contributed by atoms with Gasteiger partial charge >= 0.3 is 6.03 Å². The molecule has 3 N–H and O–H groups in total. The number of anilines is 2. The lowest BCUT2D eigenvalue weighted by molar-refractivity contribution is -0.114. The Morgan fingerprint density at radius 3 is 2.44 bits per heavy atom. The molecule has 0 heterocycles. The minimum atomic E-state index is -0.297. The highest BCUT2D eigenvalue weighted by Crippen LogP contribution is 2.21. The van der Waals surface area contributed by atoms with E-state index < -0.39 is 0 Å². The number of carbonyl (C=O) groups excluding carboxylic acids is 2. The molecular weight excluding hydrogens is 346 g/mol. The zero-order valence-corrected chi connectivity index (χ0v) is 15.6. The molecule has 0 aliphatic carbocycles. The van der Waals surface area contributed by atoms with Crippen LogP contribution in [0.25, 0.3) is 0 Å². The number of aliphatic hydroxyl groups excluding tert-OH is 1. The van der Waals surface area contributed by atoms with Crippen LogP contribution in [0.5, 0.6) is 5.75 Å². The van der Waals surface area contributed by atoms with Gasteiger partial charge in [0, 0.05) is 37.0 Å². The van der Waals surface area contributed by atoms with E-state index in [4.69, 9.17) is 9.84 Å². The van der Waals surface area contributed by atoms with E-state index in [0.717, 1.165) is 5.56 Å². The lowest BCUT2D eigenvalue weighted by atomic mass is 10.2. The van der Waals surface area contributed by atoms with Crippen LogP contribution in [-0.2, 0) is 11.3 Å². The Bertz CT molecular complexity index is 779. The molecule has 0 aromatic heterocycles. The number of amides is 3. The largest absolute Gasteiger partial charge is 0.496 e. The van der Waals surface area contributed by atoms with Crippen molar-refractivity contribution >= 4 is 23.3 Å². The van der Waals surface area contributed by atoms with Gasteiger partial charge in [-0.1, -0.05) is 24.3 Å². The second-order valence-corrected chi connectivity index (χ2v) is 6.00. The second-order valence-electron chi connectivity index (χ2n) is 6.00. The minimum absolute atomic E-state index is 0.00623. The summed E-state index contributed by atoms with van der Waals surface area (Å²) in [5.74, 6) is 0.520. The molecule has 0 fully saturated rings. The number of hydrogen-bond acceptors (Lipinski definition) is 4. The smallest absolute Gasteiger partial charge is 0.322 e. The molecule has 0 saturated carbocycles. The van der Waals surface area contributed by atoms with Crippen molar-refractivity contribution in [3.63, 3.8) is 0 Å². The number of urea groups is 1. The van der Waals surface area contributed by atoms with Gasteiger partial charge in [-0.3, -0.25) is 4.79 Å². The highest BCUT2D eigenvalue weighted by molar-refractivity contribution is 5.92. The maximum Gasteiger partial charge on any atom is 0.322 e. The monoisotopic (exact) mass is 371 g/mol. The Hall–Kier alpha value is -3.06. The first-order valence-corrected chi connectivity index (χ1v) is 8.70. The lowest BCUT2D eigenvalue weighted by Crippen LogP contribution is -2.35. The predicted molar refractivity (Wildman–Crippen MR) is 105 cm³/mol. The molecule has 0 radical (unpaired) electrons. The number of nitrogens with one attached hydrogen (secondary N) is 2. The molecule has 2 rings (SSSR count). The molecule has 0 unspecified atom stereocenters. The molecule has 0 atom stereocenters. The Morgan fingerprint density at radius 1 is 1.07 bits per heavy atom. The Morgan fingerprint density at radius 2 is 1.78 bits per heavy atom. The van der Waals surface area contributed by atoms with Crippen LogP contribution in [0, 0.1) is 0 Å². The summed E-state index contributed by atoms with van der Waals surface area (Å²) in [5.41, 5.74) is 2.05. The van der Waals surface area contributed by atoms with Crippen LogP contribution in [0.3, 0.4) is 0 Å². The van der Waals surface area contributed by atoms with E-state index in [1.165, 1.54) is 6.92 Å². The SMILES string of the molecule is COc1ccccc1CN(CCCO)C(=O)Nc1cccc(NC(C)=O)c1. The van der Waals surface area contributed by atoms with Gasteiger partial charge in [0.2, 0.25) is 5.91 Å². The number of carbonyl (C=O) groups is 2. The van der Waals surface area contributed by atoms with E-state index in [0.29, 0.717) is 36.6 Å². The van der Waals surface area contributed by atoms with Gasteiger partial charge in [-0.05, 0) is 30.7 Å². The fourth-order valence-corrected chi connectivity index (χ4v) is 2.63. The van der Waals surface area contributed by atoms with Gasteiger partial charge in [-0.2, -0.15) is 0 Å². The first-order chi connectivity index (χ1) is 13.0. The highest BCUT2D eigenvalue weighted by atomic mass is 16.5. The maximum atomic E-state index is 12.8. The fourth-order valence-electron chi connectivity index (χ4n) is 2.63. The average Bonchev–Trinajstić information content (AvgIpc) is 2.65. The van der Waals surface area contributed by atoms with Crippen molar-refractivity contribution in [2.24, 2.45) is 0 Å². The van der Waals surface area contributed by atoms with Crippen LogP contribution < -0.4 is 15.4 Å². The number of aliphatic hydroxyl groups is 1. The Kier molecular flexibility index (Phi) is 7.63. The van der Waals surface area contributed by atoms with Crippen LogP contribution in [0.15, 0.2) is 48.5 Å². The molecule has 3 amide bonds. The third-order valence-electron chi connectivity index (χ3n) is 3.86. The summed E-state index contributed by atoms with van der Waals surface area (Å²) in [6.07, 6.45) is 0.467. The highest BCUT2D eigenvalue weighted by Gasteiger charge is 2.16. The van der Waals surface area contributed by atoms with E-state index >= 15 is 0 Å². The third-order valence-corrected chi connectivity index (χ3v) is 3.86. The molecule has 7 heteroatoms. The summed E-state index contributed by atoms with van der Waals surface area (Å²) >= 11 is 0. The van der Waals surface area contributed by atoms with Crippen LogP contribution >= 0.6 is 0 Å². The molecule has 0 spiro atoms. The van der Waals surface area contributed by atoms with E-state index in [9.17, 15) is 9.59 Å². The number of methoxy groups -OCH3 is 1. The van der Waals surface area contributed by atoms with Gasteiger partial charge in [-0.25, -0.2) is 4.79 Å². The fraction of sp³-hybridized carbons (Fsp3) is 0.300. The average molecular weight is 371 g/mol. The molecule has 27 heavy (non-hydrogen) atoms. The molecular formula is C20H25N3O4. The van der Waals surface area contributed by atoms with Crippen molar-refractivity contribution in [3.8, 4) is 5.75 Å². The van der Waals surface area contributed by atoms with E-state index in [1.54, 1.807) is 36.3 Å². The van der Waals surface area contributed by atoms with Crippen molar-refractivity contribution in [2.75, 3.05) is 30.9 Å². The predicted octanol–water partition coefficient (Wildman–Crippen LogP) is 3.07. The molecule has 0 aliphatic rings. The molecule has 7 nitrogen and oxygen atoms in total. The summed E-state index contributed by atoms with van der Waals surface area (Å²) in [7, 11) is 1.59. The molecule has 0 bridgehead atoms. The molecule has 0 saturated heterocycles. The normalized spacial score (nSPS) is 10.2. The molecule has 144 valence electrons. The minimum Gasteiger partial charge on any atom is -0.496 e. The Balaban J connectivity index is 2.13. The molecule has 0 aliphatic heterocycles. The summed E-state index contributed by atoms with van der Waals surface area (Å²) in [4.78, 5) is 25.6. The summed E-state index contributed by atoms with van der Waals surface area (Å²) in [5, 5.41) is 14.7. The standard InChI is InChI=1S/C20H25N3O4/c1-15(25)21-17-8-5-9-18(13-17)22-20(26)23(11-6-12-24)14-16-7-3-4-10-19(16)27-2/h3-5,7-10,13,24H,6,11-12,14H2,1-2H3,(H,21,25)(H,22,26). The zero-order chi connectivity index (χ0) is 19.6. The first kappa shape index (κ1) is 20.3. The zero-order valence-electron chi connectivity index (χ0n) is 15.6. The van der Waals surface area contributed by atoms with Gasteiger partial charge in [0.1, 0.15) is 5.75 Å². The number of para-hydroxylation sites is 1. The number of benzene rings is 2. The van der Waals surface area contributed by atoms with Crippen molar-refractivity contribution in [1.29, 1.82) is 0 Å². The van der Waals surface area contributed by atoms with Crippen molar-refractivity contribution in [3.05, 3.63) is 54.1 Å². The summed E-state index contributed by atoms with van der Waals surface area (Å²) in [6.45, 7) is 2.16. The van der Waals surface area contributed by atoms with Crippen molar-refractivity contribution < 1.29 is 19.4 Å². The van der Waals surface area contributed by atoms with E-state index in [-0.39, 0.29) is 18.5 Å². The van der Waals surface area contributed by atoms with Crippen molar-refractivity contribution in [1.82, 2.24) is 4.90 Å². The van der Waals surface area contributed by atoms with Gasteiger partial charge in [0.25, 0.3) is 0 Å². The first-order valence-electron chi connectivity index (χ1n) is 8.70. The van der Waals surface area contributed by atoms with Crippen LogP contribution in [0.2, 0.25) is 0 Å². The van der Waals surface area contributed by atoms with Gasteiger partial charge in [0.05, 0.1) is 13.7 Å². The van der Waals surface area contributed by atoms with E-state index in [2.05, 4.69) is 10.6 Å². The number of rotatable bonds is 8. The van der Waals surface area contributed by atoms with Gasteiger partial charge in [0.15, 0.2) is 0 Å². The number of ether oxygens (including phenoxy) is 1. The maximum absolute atomic E-state index is 12.8. The molecule has 2 aromatic rings. The third kappa shape index (κ3) is 6.31. The summed E-state index contributed by atoms with van der Waals surface area (Å²) < 4.78 is 5.35. The van der Waals surface area contributed by atoms with Crippen LogP contribution in [-0.4, -0.2) is 42.2 Å². The topological polar surface area (TPSA) is 90.9 Å². The molecule has 2 aromatic carbocycles. The number of nitrogens with zero attached hydrogens (tertiary/aromatic N) is 1. The second kappa shape index (κ2) is 10.2.